The van der Waals surface area contributed by atoms with Gasteiger partial charge in [0.25, 0.3) is 5.91 Å². The van der Waals surface area contributed by atoms with Crippen LogP contribution < -0.4 is 10.5 Å². The summed E-state index contributed by atoms with van der Waals surface area (Å²) >= 11 is 7.50. The molecule has 0 radical (unpaired) electrons. The van der Waals surface area contributed by atoms with Gasteiger partial charge in [-0.1, -0.05) is 35.5 Å². The molecule has 0 unspecified atom stereocenters. The highest BCUT2D eigenvalue weighted by Crippen LogP contribution is 2.27. The topological polar surface area (TPSA) is 83.0 Å². The molecule has 0 aliphatic heterocycles. The van der Waals surface area contributed by atoms with Crippen LogP contribution in [0.3, 0.4) is 0 Å². The number of aromatic nitrogens is 3. The maximum atomic E-state index is 10.8. The van der Waals surface area contributed by atoms with Crippen LogP contribution in [0, 0.1) is 0 Å². The van der Waals surface area contributed by atoms with Crippen molar-refractivity contribution in [1.82, 2.24) is 14.8 Å². The first-order chi connectivity index (χ1) is 12.5. The molecule has 1 aromatic heterocycles. The van der Waals surface area contributed by atoms with Gasteiger partial charge in [0.2, 0.25) is 0 Å². The van der Waals surface area contributed by atoms with Crippen molar-refractivity contribution in [1.29, 1.82) is 0 Å². The van der Waals surface area contributed by atoms with Crippen molar-refractivity contribution in [3.63, 3.8) is 0 Å². The Morgan fingerprint density at radius 2 is 2.00 bits per heavy atom. The molecular formula is C18H17ClN4O2S. The molecule has 0 aliphatic rings. The Hall–Kier alpha value is -2.51. The molecule has 1 heterocycles. The predicted octanol–water partition coefficient (Wildman–Crippen LogP) is 3.29. The van der Waals surface area contributed by atoms with E-state index in [4.69, 9.17) is 22.1 Å². The average Bonchev–Trinajstić information content (AvgIpc) is 3.00. The minimum Gasteiger partial charge on any atom is -0.484 e. The molecule has 3 aromatic rings. The van der Waals surface area contributed by atoms with E-state index in [-0.39, 0.29) is 6.61 Å². The SMILES string of the molecule is Cn1c(SCc2cccc(OCC(N)=O)c2)nnc1-c1ccc(Cl)cc1. The zero-order chi connectivity index (χ0) is 18.5. The van der Waals surface area contributed by atoms with Crippen LogP contribution in [0.5, 0.6) is 5.75 Å². The van der Waals surface area contributed by atoms with Crippen LogP contribution >= 0.6 is 23.4 Å². The van der Waals surface area contributed by atoms with Crippen LogP contribution in [-0.4, -0.2) is 27.3 Å². The molecule has 26 heavy (non-hydrogen) atoms. The van der Waals surface area contributed by atoms with Crippen LogP contribution in [0.15, 0.2) is 53.7 Å². The second kappa shape index (κ2) is 8.25. The molecule has 134 valence electrons. The maximum absolute atomic E-state index is 10.8. The van der Waals surface area contributed by atoms with E-state index in [1.165, 1.54) is 0 Å². The number of nitrogens with two attached hydrogens (primary N) is 1. The number of hydrogen-bond acceptors (Lipinski definition) is 5. The van der Waals surface area contributed by atoms with Gasteiger partial charge in [-0.05, 0) is 42.0 Å². The summed E-state index contributed by atoms with van der Waals surface area (Å²) in [5.74, 6) is 1.59. The third kappa shape index (κ3) is 4.56. The molecule has 3 rings (SSSR count). The number of carbonyl (C=O) groups is 1. The van der Waals surface area contributed by atoms with Crippen LogP contribution in [0.4, 0.5) is 0 Å². The molecule has 0 saturated carbocycles. The summed E-state index contributed by atoms with van der Waals surface area (Å²) in [5.41, 5.74) is 7.10. The van der Waals surface area contributed by atoms with Crippen molar-refractivity contribution in [3.05, 3.63) is 59.1 Å². The van der Waals surface area contributed by atoms with Gasteiger partial charge in [0.15, 0.2) is 17.6 Å². The molecule has 0 atom stereocenters. The number of thioether (sulfide) groups is 1. The van der Waals surface area contributed by atoms with Crippen LogP contribution in [-0.2, 0) is 17.6 Å². The number of amides is 1. The normalized spacial score (nSPS) is 10.7. The predicted molar refractivity (Wildman–Crippen MR) is 102 cm³/mol. The van der Waals surface area contributed by atoms with Crippen LogP contribution in [0.1, 0.15) is 5.56 Å². The first-order valence-electron chi connectivity index (χ1n) is 7.81. The Balaban J connectivity index is 1.68. The first-order valence-corrected chi connectivity index (χ1v) is 9.17. The highest BCUT2D eigenvalue weighted by molar-refractivity contribution is 7.98. The van der Waals surface area contributed by atoms with E-state index >= 15 is 0 Å². The number of hydrogen-bond donors (Lipinski definition) is 1. The number of nitrogens with zero attached hydrogens (tertiary/aromatic N) is 3. The molecular weight excluding hydrogens is 372 g/mol. The van der Waals surface area contributed by atoms with Gasteiger partial charge in [0.05, 0.1) is 0 Å². The van der Waals surface area contributed by atoms with E-state index in [1.54, 1.807) is 17.8 Å². The Morgan fingerprint density at radius 1 is 1.23 bits per heavy atom. The molecule has 2 aromatic carbocycles. The molecule has 2 N–H and O–H groups in total. The molecule has 6 nitrogen and oxygen atoms in total. The largest absolute Gasteiger partial charge is 0.484 e. The lowest BCUT2D eigenvalue weighted by Crippen LogP contribution is -2.20. The number of rotatable bonds is 7. The van der Waals surface area contributed by atoms with E-state index in [0.29, 0.717) is 16.5 Å². The molecule has 8 heteroatoms. The Bertz CT molecular complexity index is 912. The standard InChI is InChI=1S/C18H17ClN4O2S/c1-23-17(13-5-7-14(19)8-6-13)21-22-18(23)26-11-12-3-2-4-15(9-12)25-10-16(20)24/h2-9H,10-11H2,1H3,(H2,20,24). The van der Waals surface area contributed by atoms with Gasteiger partial charge < -0.3 is 15.0 Å². The van der Waals surface area contributed by atoms with Gasteiger partial charge in [0.1, 0.15) is 5.75 Å². The second-order valence-corrected chi connectivity index (χ2v) is 6.94. The number of carbonyl (C=O) groups excluding carboxylic acids is 1. The monoisotopic (exact) mass is 388 g/mol. The lowest BCUT2D eigenvalue weighted by atomic mass is 10.2. The van der Waals surface area contributed by atoms with Crippen molar-refractivity contribution in [2.24, 2.45) is 12.8 Å². The van der Waals surface area contributed by atoms with Gasteiger partial charge in [-0.3, -0.25) is 4.79 Å². The highest BCUT2D eigenvalue weighted by Gasteiger charge is 2.11. The number of benzene rings is 2. The molecule has 0 saturated heterocycles. The van der Waals surface area contributed by atoms with Gasteiger partial charge in [-0.15, -0.1) is 10.2 Å². The van der Waals surface area contributed by atoms with Crippen LogP contribution in [0.25, 0.3) is 11.4 Å². The Kier molecular flexibility index (Phi) is 5.80. The number of halogens is 1. The minimum absolute atomic E-state index is 0.135. The summed E-state index contributed by atoms with van der Waals surface area (Å²) in [6.07, 6.45) is 0. The zero-order valence-electron chi connectivity index (χ0n) is 14.1. The van der Waals surface area contributed by atoms with E-state index < -0.39 is 5.91 Å². The fraction of sp³-hybridized carbons (Fsp3) is 0.167. The van der Waals surface area contributed by atoms with Gasteiger partial charge in [-0.25, -0.2) is 0 Å². The van der Waals surface area contributed by atoms with Crippen LogP contribution in [0.2, 0.25) is 5.02 Å². The molecule has 1 amide bonds. The second-order valence-electron chi connectivity index (χ2n) is 5.56. The molecule has 0 aliphatic carbocycles. The van der Waals surface area contributed by atoms with Gasteiger partial charge in [-0.2, -0.15) is 0 Å². The molecule has 0 fully saturated rings. The van der Waals surface area contributed by atoms with Crippen molar-refractivity contribution in [3.8, 4) is 17.1 Å². The third-order valence-corrected chi connectivity index (χ3v) is 4.93. The summed E-state index contributed by atoms with van der Waals surface area (Å²) in [7, 11) is 1.93. The lowest BCUT2D eigenvalue weighted by Gasteiger charge is -2.07. The fourth-order valence-corrected chi connectivity index (χ4v) is 3.30. The Morgan fingerprint density at radius 3 is 2.73 bits per heavy atom. The minimum atomic E-state index is -0.501. The smallest absolute Gasteiger partial charge is 0.255 e. The fourth-order valence-electron chi connectivity index (χ4n) is 2.32. The first kappa shape index (κ1) is 18.3. The summed E-state index contributed by atoms with van der Waals surface area (Å²) < 4.78 is 7.27. The molecule has 0 bridgehead atoms. The maximum Gasteiger partial charge on any atom is 0.255 e. The van der Waals surface area contributed by atoms with E-state index in [0.717, 1.165) is 22.1 Å². The number of primary amides is 1. The van der Waals surface area contributed by atoms with Crippen molar-refractivity contribution in [2.75, 3.05) is 6.61 Å². The van der Waals surface area contributed by atoms with Crippen molar-refractivity contribution < 1.29 is 9.53 Å². The lowest BCUT2D eigenvalue weighted by molar-refractivity contribution is -0.119. The summed E-state index contributed by atoms with van der Waals surface area (Å²) in [6.45, 7) is -0.135. The van der Waals surface area contributed by atoms with E-state index in [1.807, 2.05) is 54.1 Å². The third-order valence-electron chi connectivity index (χ3n) is 3.58. The summed E-state index contributed by atoms with van der Waals surface area (Å²) in [6, 6.07) is 15.0. The summed E-state index contributed by atoms with van der Waals surface area (Å²) in [4.78, 5) is 10.8. The van der Waals surface area contributed by atoms with Gasteiger partial charge >= 0.3 is 0 Å². The van der Waals surface area contributed by atoms with E-state index in [2.05, 4.69) is 10.2 Å². The zero-order valence-corrected chi connectivity index (χ0v) is 15.6. The van der Waals surface area contributed by atoms with Crippen molar-refractivity contribution >= 4 is 29.3 Å². The highest BCUT2D eigenvalue weighted by atomic mass is 35.5. The van der Waals surface area contributed by atoms with Crippen molar-refractivity contribution in [2.45, 2.75) is 10.9 Å². The quantitative estimate of drug-likeness (QED) is 0.628. The Labute approximate surface area is 160 Å². The summed E-state index contributed by atoms with van der Waals surface area (Å²) in [5, 5.41) is 10.0. The van der Waals surface area contributed by atoms with Gasteiger partial charge in [0, 0.05) is 23.4 Å². The molecule has 0 spiro atoms. The average molecular weight is 389 g/mol. The van der Waals surface area contributed by atoms with E-state index in [9.17, 15) is 4.79 Å². The number of ether oxygens (including phenoxy) is 1.